The van der Waals surface area contributed by atoms with Gasteiger partial charge >= 0.3 is 18.4 Å². The summed E-state index contributed by atoms with van der Waals surface area (Å²) in [5.74, 6) is 0. The molecule has 1 aliphatic rings. The Morgan fingerprint density at radius 1 is 1.00 bits per heavy atom. The van der Waals surface area contributed by atoms with Crippen molar-refractivity contribution in [1.29, 1.82) is 0 Å². The van der Waals surface area contributed by atoms with Crippen LogP contribution in [0, 0.1) is 0 Å². The topological polar surface area (TPSA) is 76.6 Å². The van der Waals surface area contributed by atoms with E-state index in [4.69, 9.17) is 0 Å². The molecule has 0 saturated heterocycles. The van der Waals surface area contributed by atoms with Crippen molar-refractivity contribution in [3.63, 3.8) is 0 Å². The molecular weight excluding hydrogens is 448 g/mol. The van der Waals surface area contributed by atoms with Crippen molar-refractivity contribution in [3.05, 3.63) is 29.3 Å². The van der Waals surface area contributed by atoms with Gasteiger partial charge in [0.15, 0.2) is 0 Å². The SMILES string of the molecule is CC(C)(C)[SH+]([O-])=N[C@@H]1CCCC[C@H]1NC(=O)Nc1cc(C(F)(F)F)cc(C(F)(F)F)c1. The van der Waals surface area contributed by atoms with Crippen LogP contribution in [0.5, 0.6) is 0 Å². The second kappa shape index (κ2) is 9.35. The molecule has 0 bridgehead atoms. The lowest BCUT2D eigenvalue weighted by Crippen LogP contribution is -2.46. The highest BCUT2D eigenvalue weighted by molar-refractivity contribution is 7.82. The van der Waals surface area contributed by atoms with Gasteiger partial charge in [-0.1, -0.05) is 23.8 Å². The molecule has 0 aromatic heterocycles. The molecule has 0 spiro atoms. The first-order chi connectivity index (χ1) is 14.1. The van der Waals surface area contributed by atoms with Gasteiger partial charge in [-0.05, 0) is 51.8 Å². The van der Waals surface area contributed by atoms with Crippen LogP contribution in [0.4, 0.5) is 36.8 Å². The lowest BCUT2D eigenvalue weighted by atomic mass is 9.91. The Balaban J connectivity index is 2.21. The average molecular weight is 473 g/mol. The van der Waals surface area contributed by atoms with E-state index >= 15 is 0 Å². The van der Waals surface area contributed by atoms with E-state index in [0.29, 0.717) is 25.0 Å². The van der Waals surface area contributed by atoms with Crippen molar-refractivity contribution >= 4 is 22.7 Å². The predicted molar refractivity (Wildman–Crippen MR) is 106 cm³/mol. The average Bonchev–Trinajstić information content (AvgIpc) is 2.60. The Morgan fingerprint density at radius 3 is 2.00 bits per heavy atom. The summed E-state index contributed by atoms with van der Waals surface area (Å²) in [5, 5.41) is 4.61. The highest BCUT2D eigenvalue weighted by Gasteiger charge is 2.37. The van der Waals surface area contributed by atoms with E-state index in [1.807, 2.05) is 0 Å². The number of nitrogens with one attached hydrogen (secondary N) is 2. The van der Waals surface area contributed by atoms with E-state index in [0.717, 1.165) is 12.8 Å². The highest BCUT2D eigenvalue weighted by Crippen LogP contribution is 2.37. The Kier molecular flexibility index (Phi) is 7.68. The molecule has 12 heteroatoms. The van der Waals surface area contributed by atoms with Crippen LogP contribution in [0.3, 0.4) is 0 Å². The summed E-state index contributed by atoms with van der Waals surface area (Å²) < 4.78 is 94.0. The smallest absolute Gasteiger partial charge is 0.416 e. The summed E-state index contributed by atoms with van der Waals surface area (Å²) in [4.78, 5) is 12.3. The molecule has 1 aliphatic carbocycles. The number of benzene rings is 1. The maximum Gasteiger partial charge on any atom is 0.416 e. The van der Waals surface area contributed by atoms with Crippen molar-refractivity contribution < 1.29 is 35.7 Å². The minimum atomic E-state index is -5.01. The number of amides is 2. The highest BCUT2D eigenvalue weighted by atomic mass is 32.2. The van der Waals surface area contributed by atoms with Gasteiger partial charge in [0.2, 0.25) is 0 Å². The zero-order valence-electron chi connectivity index (χ0n) is 17.2. The van der Waals surface area contributed by atoms with Gasteiger partial charge in [0.1, 0.15) is 10.8 Å². The van der Waals surface area contributed by atoms with Crippen molar-refractivity contribution in [2.75, 3.05) is 5.32 Å². The number of alkyl halides is 6. The third-order valence-electron chi connectivity index (χ3n) is 4.72. The van der Waals surface area contributed by atoms with Crippen LogP contribution in [0.25, 0.3) is 0 Å². The molecule has 31 heavy (non-hydrogen) atoms. The number of hydrogen-bond donors (Lipinski definition) is 2. The number of rotatable bonds is 3. The largest absolute Gasteiger partial charge is 0.632 e. The van der Waals surface area contributed by atoms with Crippen LogP contribution in [0.1, 0.15) is 57.6 Å². The fraction of sp³-hybridized carbons (Fsp3) is 0.632. The molecule has 1 fully saturated rings. The molecule has 2 amide bonds. The quantitative estimate of drug-likeness (QED) is 0.340. The van der Waals surface area contributed by atoms with Crippen molar-refractivity contribution in [2.24, 2.45) is 4.36 Å². The normalized spacial score (nSPS) is 21.6. The molecule has 1 unspecified atom stereocenters. The number of urea groups is 1. The molecule has 2 N–H and O–H groups in total. The summed E-state index contributed by atoms with van der Waals surface area (Å²) in [6.45, 7) is 5.29. The fourth-order valence-corrected chi connectivity index (χ4v) is 3.98. The van der Waals surface area contributed by atoms with Crippen molar-refractivity contribution in [2.45, 2.75) is 75.6 Å². The van der Waals surface area contributed by atoms with E-state index in [1.54, 1.807) is 20.8 Å². The van der Waals surface area contributed by atoms with Gasteiger partial charge in [-0.2, -0.15) is 26.3 Å². The Labute approximate surface area is 178 Å². The first-order valence-corrected chi connectivity index (χ1v) is 10.8. The summed E-state index contributed by atoms with van der Waals surface area (Å²) in [5.41, 5.74) is -3.68. The third-order valence-corrected chi connectivity index (χ3v) is 6.37. The number of halogens is 6. The Hall–Kier alpha value is -1.82. The maximum absolute atomic E-state index is 13.0. The molecule has 5 nitrogen and oxygen atoms in total. The molecule has 176 valence electrons. The zero-order chi connectivity index (χ0) is 23.6. The van der Waals surface area contributed by atoms with E-state index in [2.05, 4.69) is 15.0 Å². The minimum Gasteiger partial charge on any atom is -0.632 e. The number of nitrogens with zero attached hydrogens (tertiary/aromatic N) is 1. The lowest BCUT2D eigenvalue weighted by Gasteiger charge is -2.30. The summed E-state index contributed by atoms with van der Waals surface area (Å²) in [6.07, 6.45) is -7.39. The molecule has 2 rings (SSSR count). The van der Waals surface area contributed by atoms with Gasteiger partial charge < -0.3 is 15.2 Å². The maximum atomic E-state index is 13.0. The molecule has 1 aromatic rings. The van der Waals surface area contributed by atoms with Gasteiger partial charge in [0.05, 0.1) is 17.2 Å². The second-order valence-corrected chi connectivity index (χ2v) is 10.5. The van der Waals surface area contributed by atoms with Crippen LogP contribution in [0.15, 0.2) is 22.6 Å². The van der Waals surface area contributed by atoms with Gasteiger partial charge in [0.25, 0.3) is 0 Å². The number of hydrogen-bond acceptors (Lipinski definition) is 3. The van der Waals surface area contributed by atoms with Crippen LogP contribution < -0.4 is 10.6 Å². The lowest BCUT2D eigenvalue weighted by molar-refractivity contribution is -0.143. The van der Waals surface area contributed by atoms with E-state index in [9.17, 15) is 35.7 Å². The van der Waals surface area contributed by atoms with Crippen molar-refractivity contribution in [1.82, 2.24) is 5.32 Å². The van der Waals surface area contributed by atoms with E-state index < -0.39 is 63.0 Å². The third kappa shape index (κ3) is 7.37. The van der Waals surface area contributed by atoms with E-state index in [-0.39, 0.29) is 6.07 Å². The molecule has 3 atom stereocenters. The van der Waals surface area contributed by atoms with Gasteiger partial charge in [-0.25, -0.2) is 4.79 Å². The van der Waals surface area contributed by atoms with Crippen molar-refractivity contribution in [3.8, 4) is 0 Å². The predicted octanol–water partition coefficient (Wildman–Crippen LogP) is 5.62. The molecule has 1 saturated carbocycles. The number of anilines is 1. The molecule has 0 aliphatic heterocycles. The first-order valence-electron chi connectivity index (χ1n) is 9.62. The Bertz CT molecular complexity index is 801. The summed E-state index contributed by atoms with van der Waals surface area (Å²) in [7, 11) is -1.93. The summed E-state index contributed by atoms with van der Waals surface area (Å²) >= 11 is 0. The van der Waals surface area contributed by atoms with Crippen LogP contribution in [-0.4, -0.2) is 27.4 Å². The second-order valence-electron chi connectivity index (χ2n) is 8.41. The fourth-order valence-electron chi connectivity index (χ4n) is 3.09. The number of thiol groups is 1. The molecular formula is C19H25F6N3O2S. The number of carbonyl (C=O) groups is 1. The summed E-state index contributed by atoms with van der Waals surface area (Å²) in [6, 6.07) is -1.06. The van der Waals surface area contributed by atoms with Gasteiger partial charge in [0, 0.05) is 5.69 Å². The molecule has 0 heterocycles. The number of carbonyl (C=O) groups excluding carboxylic acids is 1. The van der Waals surface area contributed by atoms with Crippen LogP contribution in [-0.2, 0) is 23.3 Å². The van der Waals surface area contributed by atoms with E-state index in [1.165, 1.54) is 0 Å². The minimum absolute atomic E-state index is 0.0117. The molecule has 1 aromatic carbocycles. The standard InChI is InChI=1S/C19H25F6N3O2S/c1-17(2,3)31(30)28-15-7-5-4-6-14(15)27-16(29)26-13-9-11(18(20,21)22)8-12(10-13)19(23,24)25/h8-10,14-15,31H,4-7H2,1-3H3,(H2-,26,27,28,29,30)/t14-,15-/m1/s1. The van der Waals surface area contributed by atoms with Gasteiger partial charge in [-0.15, -0.1) is 4.36 Å². The monoisotopic (exact) mass is 473 g/mol. The molecule has 0 radical (unpaired) electrons. The van der Waals surface area contributed by atoms with Crippen LogP contribution in [0.2, 0.25) is 0 Å². The van der Waals surface area contributed by atoms with Gasteiger partial charge in [-0.3, -0.25) is 0 Å². The zero-order valence-corrected chi connectivity index (χ0v) is 18.1. The first kappa shape index (κ1) is 25.4. The van der Waals surface area contributed by atoms with Crippen LogP contribution >= 0.6 is 0 Å². The Morgan fingerprint density at radius 2 is 1.52 bits per heavy atom.